The number of phenols is 1. The van der Waals surface area contributed by atoms with E-state index in [-0.39, 0.29) is 30.3 Å². The second kappa shape index (κ2) is 11.6. The second-order valence-corrected chi connectivity index (χ2v) is 10.9. The summed E-state index contributed by atoms with van der Waals surface area (Å²) in [5.41, 5.74) is 2.18. The van der Waals surface area contributed by atoms with E-state index in [0.29, 0.717) is 37.7 Å². The molecule has 9 nitrogen and oxygen atoms in total. The minimum Gasteiger partial charge on any atom is -0.508 e. The Morgan fingerprint density at radius 2 is 1.82 bits per heavy atom. The number of carbonyl (C=O) groups excluding carboxylic acids is 2. The Bertz CT molecular complexity index is 1340. The lowest BCUT2D eigenvalue weighted by Gasteiger charge is -2.34. The molecular formula is C28H33N5O4S. The Morgan fingerprint density at radius 3 is 2.53 bits per heavy atom. The molecule has 10 heteroatoms. The molecule has 2 saturated heterocycles. The van der Waals surface area contributed by atoms with Crippen LogP contribution in [-0.4, -0.2) is 89.0 Å². The van der Waals surface area contributed by atoms with Crippen LogP contribution < -0.4 is 4.90 Å². The second-order valence-electron chi connectivity index (χ2n) is 9.81. The third-order valence-electron chi connectivity index (χ3n) is 6.97. The lowest BCUT2D eigenvalue weighted by Crippen LogP contribution is -2.48. The van der Waals surface area contributed by atoms with Crippen molar-refractivity contribution in [3.05, 3.63) is 47.4 Å². The van der Waals surface area contributed by atoms with Crippen molar-refractivity contribution in [1.82, 2.24) is 19.8 Å². The first-order valence-electron chi connectivity index (χ1n) is 13.0. The average molecular weight is 536 g/mol. The molecule has 0 radical (unpaired) electrons. The van der Waals surface area contributed by atoms with Crippen molar-refractivity contribution in [2.75, 3.05) is 57.4 Å². The molecule has 4 heterocycles. The molecule has 2 aliphatic rings. The number of benzene rings is 1. The molecule has 200 valence electrons. The molecule has 3 aromatic rings. The maximum Gasteiger partial charge on any atom is 0.223 e. The lowest BCUT2D eigenvalue weighted by molar-refractivity contribution is -0.134. The van der Waals surface area contributed by atoms with Crippen molar-refractivity contribution in [1.29, 1.82) is 0 Å². The molecule has 0 bridgehead atoms. The Kier molecular flexibility index (Phi) is 8.01. The number of hydrogen-bond acceptors (Lipinski definition) is 9. The maximum absolute atomic E-state index is 12.5. The van der Waals surface area contributed by atoms with Gasteiger partial charge in [-0.2, -0.15) is 0 Å². The Labute approximate surface area is 226 Å². The van der Waals surface area contributed by atoms with Gasteiger partial charge in [0.25, 0.3) is 0 Å². The number of rotatable bonds is 8. The van der Waals surface area contributed by atoms with E-state index in [9.17, 15) is 14.7 Å². The molecule has 0 aliphatic carbocycles. The summed E-state index contributed by atoms with van der Waals surface area (Å²) in [6.07, 6.45) is 0.472. The van der Waals surface area contributed by atoms with Gasteiger partial charge >= 0.3 is 0 Å². The third-order valence-corrected chi connectivity index (χ3v) is 8.07. The number of amides is 1. The quantitative estimate of drug-likeness (QED) is 0.438. The molecule has 0 spiro atoms. The number of aromatic nitrogens is 2. The number of thiophene rings is 1. The molecule has 2 aliphatic heterocycles. The van der Waals surface area contributed by atoms with Crippen LogP contribution in [0.2, 0.25) is 0 Å². The lowest BCUT2D eigenvalue weighted by atomic mass is 10.1. The van der Waals surface area contributed by atoms with Crippen LogP contribution in [0.25, 0.3) is 21.6 Å². The van der Waals surface area contributed by atoms with Crippen LogP contribution in [0.5, 0.6) is 5.75 Å². The number of morpholine rings is 1. The number of piperazine rings is 1. The summed E-state index contributed by atoms with van der Waals surface area (Å²) in [7, 11) is 0. The number of nitrogens with zero attached hydrogens (tertiary/aromatic N) is 5. The van der Waals surface area contributed by atoms with Gasteiger partial charge in [-0.25, -0.2) is 9.97 Å². The van der Waals surface area contributed by atoms with Gasteiger partial charge in [0.05, 0.1) is 23.4 Å². The monoisotopic (exact) mass is 535 g/mol. The van der Waals surface area contributed by atoms with Crippen LogP contribution in [0, 0.1) is 0 Å². The van der Waals surface area contributed by atoms with E-state index >= 15 is 0 Å². The zero-order chi connectivity index (χ0) is 26.6. The van der Waals surface area contributed by atoms with Crippen molar-refractivity contribution in [3.63, 3.8) is 0 Å². The van der Waals surface area contributed by atoms with Crippen LogP contribution in [0.15, 0.2) is 42.5 Å². The molecule has 38 heavy (non-hydrogen) atoms. The van der Waals surface area contributed by atoms with Gasteiger partial charge in [-0.3, -0.25) is 14.5 Å². The van der Waals surface area contributed by atoms with E-state index < -0.39 is 0 Å². The van der Waals surface area contributed by atoms with Crippen LogP contribution in [-0.2, 0) is 20.9 Å². The van der Waals surface area contributed by atoms with Gasteiger partial charge in [-0.05, 0) is 30.7 Å². The normalized spacial score (nSPS) is 16.7. The van der Waals surface area contributed by atoms with Crippen LogP contribution >= 0.6 is 11.3 Å². The van der Waals surface area contributed by atoms with Gasteiger partial charge < -0.3 is 19.6 Å². The number of allylic oxidation sites excluding steroid dienone is 1. The first-order valence-corrected chi connectivity index (χ1v) is 13.8. The third kappa shape index (κ3) is 6.03. The van der Waals surface area contributed by atoms with Gasteiger partial charge in [-0.15, -0.1) is 11.3 Å². The molecule has 1 aromatic carbocycles. The van der Waals surface area contributed by atoms with Gasteiger partial charge in [0.15, 0.2) is 17.4 Å². The summed E-state index contributed by atoms with van der Waals surface area (Å²) in [6.45, 7) is 11.9. The summed E-state index contributed by atoms with van der Waals surface area (Å²) < 4.78 is 6.62. The number of aromatic hydroxyl groups is 1. The average Bonchev–Trinajstić information content (AvgIpc) is 3.34. The van der Waals surface area contributed by atoms with Crippen molar-refractivity contribution >= 4 is 39.1 Å². The molecule has 2 fully saturated rings. The number of anilines is 1. The first kappa shape index (κ1) is 26.3. The van der Waals surface area contributed by atoms with Crippen molar-refractivity contribution in [2.45, 2.75) is 26.3 Å². The fourth-order valence-electron chi connectivity index (χ4n) is 4.77. The van der Waals surface area contributed by atoms with Crippen LogP contribution in [0.3, 0.4) is 0 Å². The summed E-state index contributed by atoms with van der Waals surface area (Å²) in [6, 6.07) is 9.18. The highest BCUT2D eigenvalue weighted by atomic mass is 32.1. The van der Waals surface area contributed by atoms with Crippen molar-refractivity contribution < 1.29 is 19.4 Å². The molecule has 0 unspecified atom stereocenters. The van der Waals surface area contributed by atoms with E-state index in [1.54, 1.807) is 36.5 Å². The number of carbonyl (C=O) groups is 2. The van der Waals surface area contributed by atoms with Gasteiger partial charge in [0.1, 0.15) is 5.75 Å². The fourth-order valence-corrected chi connectivity index (χ4v) is 5.93. The topological polar surface area (TPSA) is 99.1 Å². The number of ether oxygens (including phenoxy) is 1. The number of ketones is 1. The van der Waals surface area contributed by atoms with Gasteiger partial charge in [0, 0.05) is 69.1 Å². The molecule has 0 atom stereocenters. The minimum atomic E-state index is -0.0477. The molecule has 1 N–H and O–H groups in total. The standard InChI is InChI=1S/C28H33N5O4S/c1-19(2)24(35)6-7-25(36)32-10-8-31(9-11-32)18-22-17-23-26(38-22)28(33-12-14-37-15-13-33)30-27(29-23)20-4-3-5-21(34)16-20/h3-5,16-17,34H,1,6-15,18H2,2H3. The Hall–Kier alpha value is -3.34. The summed E-state index contributed by atoms with van der Waals surface area (Å²) in [5.74, 6) is 1.67. The molecule has 1 amide bonds. The Balaban J connectivity index is 1.30. The van der Waals surface area contributed by atoms with Gasteiger partial charge in [0.2, 0.25) is 5.91 Å². The van der Waals surface area contributed by atoms with E-state index in [1.165, 1.54) is 4.88 Å². The summed E-state index contributed by atoms with van der Waals surface area (Å²) in [4.78, 5) is 41.8. The minimum absolute atomic E-state index is 0.0333. The zero-order valence-corrected chi connectivity index (χ0v) is 22.5. The smallest absolute Gasteiger partial charge is 0.223 e. The van der Waals surface area contributed by atoms with Crippen molar-refractivity contribution in [3.8, 4) is 17.1 Å². The van der Waals surface area contributed by atoms with E-state index in [0.717, 1.165) is 54.3 Å². The summed E-state index contributed by atoms with van der Waals surface area (Å²) in [5, 5.41) is 9.99. The highest BCUT2D eigenvalue weighted by Crippen LogP contribution is 2.35. The SMILES string of the molecule is C=C(C)C(=O)CCC(=O)N1CCN(Cc2cc3nc(-c4cccc(O)c4)nc(N4CCOCC4)c3s2)CC1. The van der Waals surface area contributed by atoms with Crippen LogP contribution in [0.1, 0.15) is 24.6 Å². The fraction of sp³-hybridized carbons (Fsp3) is 0.429. The van der Waals surface area contributed by atoms with Crippen molar-refractivity contribution in [2.24, 2.45) is 0 Å². The summed E-state index contributed by atoms with van der Waals surface area (Å²) >= 11 is 1.71. The van der Waals surface area contributed by atoms with E-state index in [2.05, 4.69) is 22.4 Å². The number of fused-ring (bicyclic) bond motifs is 1. The van der Waals surface area contributed by atoms with E-state index in [1.807, 2.05) is 11.0 Å². The van der Waals surface area contributed by atoms with Gasteiger partial charge in [-0.1, -0.05) is 18.7 Å². The largest absolute Gasteiger partial charge is 0.508 e. The zero-order valence-electron chi connectivity index (χ0n) is 21.7. The van der Waals surface area contributed by atoms with Crippen LogP contribution in [0.4, 0.5) is 5.82 Å². The predicted octanol–water partition coefficient (Wildman–Crippen LogP) is 3.47. The highest BCUT2D eigenvalue weighted by Gasteiger charge is 2.24. The molecule has 0 saturated carbocycles. The Morgan fingerprint density at radius 1 is 1.05 bits per heavy atom. The molecule has 2 aromatic heterocycles. The van der Waals surface area contributed by atoms with E-state index in [4.69, 9.17) is 14.7 Å². The maximum atomic E-state index is 12.5. The predicted molar refractivity (Wildman–Crippen MR) is 148 cm³/mol. The first-order chi connectivity index (χ1) is 18.4. The highest BCUT2D eigenvalue weighted by molar-refractivity contribution is 7.19. The number of hydrogen-bond donors (Lipinski definition) is 1. The number of Topliss-reactive ketones (excluding diaryl/α,β-unsaturated/α-hetero) is 1. The number of phenolic OH excluding ortho intramolecular Hbond substituents is 1. The molecular weight excluding hydrogens is 502 g/mol. The molecule has 5 rings (SSSR count).